The lowest BCUT2D eigenvalue weighted by atomic mass is 10.1. The number of hydrogen-bond acceptors (Lipinski definition) is 3. The molecule has 3 atom stereocenters. The van der Waals surface area contributed by atoms with Gasteiger partial charge in [0.2, 0.25) is 0 Å². The molecule has 1 fully saturated rings. The maximum absolute atomic E-state index is 9.00. The third-order valence-corrected chi connectivity index (χ3v) is 3.86. The summed E-state index contributed by atoms with van der Waals surface area (Å²) in [6, 6.07) is 0.920. The second-order valence-electron chi connectivity index (χ2n) is 3.43. The Balaban J connectivity index is 2.28. The summed E-state index contributed by atoms with van der Waals surface area (Å²) in [7, 11) is 0. The minimum absolute atomic E-state index is 0.268. The van der Waals surface area contributed by atoms with E-state index in [-0.39, 0.29) is 6.61 Å². The topological polar surface area (TPSA) is 32.3 Å². The fraction of sp³-hybridized carbons (Fsp3) is 1.00. The van der Waals surface area contributed by atoms with Crippen molar-refractivity contribution in [3.8, 4) is 0 Å². The van der Waals surface area contributed by atoms with Crippen LogP contribution >= 0.6 is 11.8 Å². The van der Waals surface area contributed by atoms with Crippen LogP contribution in [0.1, 0.15) is 26.7 Å². The maximum Gasteiger partial charge on any atom is 0.0584 e. The zero-order valence-electron chi connectivity index (χ0n) is 7.92. The number of rotatable bonds is 4. The van der Waals surface area contributed by atoms with Crippen molar-refractivity contribution >= 4 is 11.8 Å². The van der Waals surface area contributed by atoms with Gasteiger partial charge in [-0.3, -0.25) is 0 Å². The molecule has 0 bridgehead atoms. The molecule has 0 aliphatic carbocycles. The van der Waals surface area contributed by atoms with Crippen LogP contribution in [0.3, 0.4) is 0 Å². The van der Waals surface area contributed by atoms with Crippen molar-refractivity contribution in [1.29, 1.82) is 0 Å². The van der Waals surface area contributed by atoms with Crippen molar-refractivity contribution in [1.82, 2.24) is 5.32 Å². The number of aliphatic hydroxyl groups excluding tert-OH is 1. The quantitative estimate of drug-likeness (QED) is 0.698. The van der Waals surface area contributed by atoms with Gasteiger partial charge in [0.25, 0.3) is 0 Å². The molecule has 1 heterocycles. The fourth-order valence-corrected chi connectivity index (χ4v) is 2.76. The number of hydrogen-bond donors (Lipinski definition) is 2. The molecule has 1 rings (SSSR count). The van der Waals surface area contributed by atoms with Gasteiger partial charge in [0.15, 0.2) is 0 Å². The molecular formula is C9H19NOS. The number of aliphatic hydroxyl groups is 1. The zero-order valence-corrected chi connectivity index (χ0v) is 8.73. The van der Waals surface area contributed by atoms with Gasteiger partial charge in [-0.15, -0.1) is 0 Å². The van der Waals surface area contributed by atoms with Gasteiger partial charge in [0.05, 0.1) is 6.61 Å². The predicted molar refractivity (Wildman–Crippen MR) is 54.6 cm³/mol. The third-order valence-electron chi connectivity index (χ3n) is 2.54. The van der Waals surface area contributed by atoms with E-state index in [0.29, 0.717) is 17.3 Å². The summed E-state index contributed by atoms with van der Waals surface area (Å²) in [5.41, 5.74) is 0. The summed E-state index contributed by atoms with van der Waals surface area (Å²) in [6.07, 6.45) is 2.27. The lowest BCUT2D eigenvalue weighted by molar-refractivity contribution is 0.227. The highest BCUT2D eigenvalue weighted by Crippen LogP contribution is 2.26. The lowest BCUT2D eigenvalue weighted by Gasteiger charge is -2.22. The van der Waals surface area contributed by atoms with Gasteiger partial charge >= 0.3 is 0 Å². The average Bonchev–Trinajstić information content (AvgIpc) is 2.47. The molecule has 1 saturated heterocycles. The van der Waals surface area contributed by atoms with Crippen molar-refractivity contribution in [2.45, 2.75) is 44.0 Å². The Kier molecular flexibility index (Phi) is 4.40. The standard InChI is InChI=1S/C9H19NOS/c1-3-8(6-11)10-9-4-5-12-7(9)2/h7-11H,3-6H2,1-2H3/t7?,8-,9?/m1/s1. The van der Waals surface area contributed by atoms with E-state index in [1.807, 2.05) is 11.8 Å². The zero-order chi connectivity index (χ0) is 8.97. The molecule has 2 nitrogen and oxygen atoms in total. The van der Waals surface area contributed by atoms with Crippen LogP contribution in [0, 0.1) is 0 Å². The minimum Gasteiger partial charge on any atom is -0.395 e. The number of nitrogens with one attached hydrogen (secondary N) is 1. The monoisotopic (exact) mass is 189 g/mol. The van der Waals surface area contributed by atoms with Gasteiger partial charge < -0.3 is 10.4 Å². The summed E-state index contributed by atoms with van der Waals surface area (Å²) in [5.74, 6) is 1.26. The van der Waals surface area contributed by atoms with Crippen molar-refractivity contribution < 1.29 is 5.11 Å². The van der Waals surface area contributed by atoms with Gasteiger partial charge in [-0.05, 0) is 18.6 Å². The van der Waals surface area contributed by atoms with E-state index >= 15 is 0 Å². The Labute approximate surface area is 79.1 Å². The Morgan fingerprint density at radius 3 is 2.83 bits per heavy atom. The van der Waals surface area contributed by atoms with Crippen LogP contribution in [0.5, 0.6) is 0 Å². The van der Waals surface area contributed by atoms with Crippen LogP contribution in [0.15, 0.2) is 0 Å². The van der Waals surface area contributed by atoms with Crippen molar-refractivity contribution in [3.63, 3.8) is 0 Å². The molecule has 3 heteroatoms. The van der Waals surface area contributed by atoms with Gasteiger partial charge in [0, 0.05) is 17.3 Å². The van der Waals surface area contributed by atoms with Crippen LogP contribution in [0.4, 0.5) is 0 Å². The van der Waals surface area contributed by atoms with Crippen molar-refractivity contribution in [2.24, 2.45) is 0 Å². The molecule has 2 N–H and O–H groups in total. The molecule has 0 radical (unpaired) electrons. The first-order valence-electron chi connectivity index (χ1n) is 4.76. The van der Waals surface area contributed by atoms with Crippen LogP contribution in [-0.2, 0) is 0 Å². The van der Waals surface area contributed by atoms with E-state index in [1.165, 1.54) is 12.2 Å². The normalized spacial score (nSPS) is 32.2. The molecule has 72 valence electrons. The fourth-order valence-electron chi connectivity index (χ4n) is 1.55. The second-order valence-corrected chi connectivity index (χ2v) is 4.91. The summed E-state index contributed by atoms with van der Waals surface area (Å²) in [5, 5.41) is 13.2. The third kappa shape index (κ3) is 2.64. The number of thioether (sulfide) groups is 1. The van der Waals surface area contributed by atoms with E-state index in [9.17, 15) is 0 Å². The van der Waals surface area contributed by atoms with Crippen LogP contribution < -0.4 is 5.32 Å². The molecule has 0 aromatic carbocycles. The first-order chi connectivity index (χ1) is 5.77. The molecular weight excluding hydrogens is 170 g/mol. The Morgan fingerprint density at radius 1 is 1.67 bits per heavy atom. The SMILES string of the molecule is CC[C@H](CO)NC1CCSC1C. The molecule has 12 heavy (non-hydrogen) atoms. The summed E-state index contributed by atoms with van der Waals surface area (Å²) >= 11 is 2.02. The van der Waals surface area contributed by atoms with Gasteiger partial charge in [-0.2, -0.15) is 11.8 Å². The van der Waals surface area contributed by atoms with Crippen molar-refractivity contribution in [2.75, 3.05) is 12.4 Å². The van der Waals surface area contributed by atoms with E-state index < -0.39 is 0 Å². The van der Waals surface area contributed by atoms with Crippen LogP contribution in [0.2, 0.25) is 0 Å². The molecule has 0 aromatic rings. The van der Waals surface area contributed by atoms with E-state index in [2.05, 4.69) is 19.2 Å². The van der Waals surface area contributed by atoms with Gasteiger partial charge in [-0.1, -0.05) is 13.8 Å². The van der Waals surface area contributed by atoms with Gasteiger partial charge in [0.1, 0.15) is 0 Å². The lowest BCUT2D eigenvalue weighted by Crippen LogP contribution is -2.42. The summed E-state index contributed by atoms with van der Waals surface area (Å²) in [6.45, 7) is 4.64. The summed E-state index contributed by atoms with van der Waals surface area (Å²) in [4.78, 5) is 0. The maximum atomic E-state index is 9.00. The van der Waals surface area contributed by atoms with Crippen molar-refractivity contribution in [3.05, 3.63) is 0 Å². The molecule has 0 spiro atoms. The molecule has 2 unspecified atom stereocenters. The minimum atomic E-state index is 0.268. The van der Waals surface area contributed by atoms with Crippen LogP contribution in [-0.4, -0.2) is 34.8 Å². The smallest absolute Gasteiger partial charge is 0.0584 e. The van der Waals surface area contributed by atoms with Crippen LogP contribution in [0.25, 0.3) is 0 Å². The highest BCUT2D eigenvalue weighted by atomic mass is 32.2. The predicted octanol–water partition coefficient (Wildman–Crippen LogP) is 1.24. The average molecular weight is 189 g/mol. The van der Waals surface area contributed by atoms with Gasteiger partial charge in [-0.25, -0.2) is 0 Å². The van der Waals surface area contributed by atoms with E-state index in [1.54, 1.807) is 0 Å². The second kappa shape index (κ2) is 5.10. The molecule has 0 amide bonds. The Morgan fingerprint density at radius 2 is 2.42 bits per heavy atom. The largest absolute Gasteiger partial charge is 0.395 e. The van der Waals surface area contributed by atoms with E-state index in [0.717, 1.165) is 6.42 Å². The Bertz CT molecular complexity index is 128. The molecule has 1 aliphatic rings. The first kappa shape index (κ1) is 10.4. The highest BCUT2D eigenvalue weighted by molar-refractivity contribution is 8.00. The first-order valence-corrected chi connectivity index (χ1v) is 5.81. The molecule has 1 aliphatic heterocycles. The molecule has 0 saturated carbocycles. The summed E-state index contributed by atoms with van der Waals surface area (Å²) < 4.78 is 0. The Hall–Kier alpha value is 0.270. The molecule has 0 aromatic heterocycles. The van der Waals surface area contributed by atoms with E-state index in [4.69, 9.17) is 5.11 Å². The highest BCUT2D eigenvalue weighted by Gasteiger charge is 2.25.